The third-order valence-electron chi connectivity index (χ3n) is 2.60. The van der Waals surface area contributed by atoms with Crippen LogP contribution in [0.5, 0.6) is 0 Å². The molecule has 0 saturated carbocycles. The molecule has 0 aliphatic rings. The molecule has 2 rings (SSSR count). The standard InChI is InChI=1S/C14H14N2O3/c1-2-19-13(17)9-16-14(18)11-3-4-12-8-15-6-5-10(12)7-11/h3-8H,2,9H2,1H3,(H,16,18). The average molecular weight is 258 g/mol. The van der Waals surface area contributed by atoms with Gasteiger partial charge in [-0.3, -0.25) is 14.6 Å². The van der Waals surface area contributed by atoms with Gasteiger partial charge in [-0.1, -0.05) is 6.07 Å². The van der Waals surface area contributed by atoms with E-state index in [-0.39, 0.29) is 12.5 Å². The summed E-state index contributed by atoms with van der Waals surface area (Å²) in [6.07, 6.45) is 3.40. The van der Waals surface area contributed by atoms with Crippen molar-refractivity contribution < 1.29 is 14.3 Å². The minimum Gasteiger partial charge on any atom is -0.465 e. The summed E-state index contributed by atoms with van der Waals surface area (Å²) in [5, 5.41) is 4.41. The summed E-state index contributed by atoms with van der Waals surface area (Å²) in [6, 6.07) is 7.11. The number of amides is 1. The van der Waals surface area contributed by atoms with Crippen LogP contribution in [0.1, 0.15) is 17.3 Å². The van der Waals surface area contributed by atoms with Crippen LogP contribution in [0.2, 0.25) is 0 Å². The van der Waals surface area contributed by atoms with E-state index >= 15 is 0 Å². The number of rotatable bonds is 4. The molecule has 0 atom stereocenters. The Kier molecular flexibility index (Phi) is 4.07. The van der Waals surface area contributed by atoms with Crippen molar-refractivity contribution in [1.82, 2.24) is 10.3 Å². The van der Waals surface area contributed by atoms with Gasteiger partial charge in [-0.2, -0.15) is 0 Å². The predicted molar refractivity (Wildman–Crippen MR) is 70.7 cm³/mol. The molecule has 19 heavy (non-hydrogen) atoms. The van der Waals surface area contributed by atoms with Crippen molar-refractivity contribution in [3.05, 3.63) is 42.2 Å². The minimum atomic E-state index is -0.444. The SMILES string of the molecule is CCOC(=O)CNC(=O)c1ccc2cnccc2c1. The van der Waals surface area contributed by atoms with E-state index in [1.807, 2.05) is 12.1 Å². The Morgan fingerprint density at radius 2 is 2.11 bits per heavy atom. The Hall–Kier alpha value is -2.43. The first-order chi connectivity index (χ1) is 9.20. The van der Waals surface area contributed by atoms with E-state index in [4.69, 9.17) is 4.74 Å². The molecule has 0 saturated heterocycles. The molecule has 0 spiro atoms. The van der Waals surface area contributed by atoms with E-state index in [9.17, 15) is 9.59 Å². The van der Waals surface area contributed by atoms with Crippen molar-refractivity contribution in [3.8, 4) is 0 Å². The van der Waals surface area contributed by atoms with Gasteiger partial charge in [-0.25, -0.2) is 0 Å². The molecule has 0 aliphatic heterocycles. The van der Waals surface area contributed by atoms with Crippen LogP contribution in [0.4, 0.5) is 0 Å². The molecule has 1 heterocycles. The van der Waals surface area contributed by atoms with Crippen molar-refractivity contribution in [2.45, 2.75) is 6.92 Å². The number of carbonyl (C=O) groups is 2. The Labute approximate surface area is 110 Å². The predicted octanol–water partition coefficient (Wildman–Crippen LogP) is 1.53. The van der Waals surface area contributed by atoms with Crippen LogP contribution in [0.3, 0.4) is 0 Å². The topological polar surface area (TPSA) is 68.3 Å². The summed E-state index contributed by atoms with van der Waals surface area (Å²) >= 11 is 0. The van der Waals surface area contributed by atoms with Crippen LogP contribution in [-0.4, -0.2) is 30.0 Å². The number of hydrogen-bond acceptors (Lipinski definition) is 4. The van der Waals surface area contributed by atoms with Crippen molar-refractivity contribution in [3.63, 3.8) is 0 Å². The zero-order chi connectivity index (χ0) is 13.7. The van der Waals surface area contributed by atoms with Gasteiger partial charge in [0.2, 0.25) is 0 Å². The molecule has 0 bridgehead atoms. The van der Waals surface area contributed by atoms with Crippen molar-refractivity contribution in [2.75, 3.05) is 13.2 Å². The normalized spacial score (nSPS) is 10.2. The maximum Gasteiger partial charge on any atom is 0.325 e. The van der Waals surface area contributed by atoms with Gasteiger partial charge in [-0.15, -0.1) is 0 Å². The van der Waals surface area contributed by atoms with Crippen LogP contribution in [0.15, 0.2) is 36.7 Å². The number of fused-ring (bicyclic) bond motifs is 1. The number of ether oxygens (including phenoxy) is 1. The molecule has 0 radical (unpaired) electrons. The van der Waals surface area contributed by atoms with Crippen molar-refractivity contribution >= 4 is 22.6 Å². The first kappa shape index (κ1) is 13.0. The largest absolute Gasteiger partial charge is 0.465 e. The number of carbonyl (C=O) groups excluding carboxylic acids is 2. The molecular weight excluding hydrogens is 244 g/mol. The number of benzene rings is 1. The minimum absolute atomic E-state index is 0.124. The fourth-order valence-electron chi connectivity index (χ4n) is 1.69. The molecule has 2 aromatic rings. The molecule has 1 aromatic heterocycles. The quantitative estimate of drug-likeness (QED) is 0.844. The fraction of sp³-hybridized carbons (Fsp3) is 0.214. The first-order valence-electron chi connectivity index (χ1n) is 5.98. The van der Waals surface area contributed by atoms with Crippen LogP contribution in [0, 0.1) is 0 Å². The Bertz CT molecular complexity index is 610. The molecule has 0 unspecified atom stereocenters. The summed E-state index contributed by atoms with van der Waals surface area (Å²) in [4.78, 5) is 27.0. The molecule has 1 N–H and O–H groups in total. The van der Waals surface area contributed by atoms with Crippen molar-refractivity contribution in [2.24, 2.45) is 0 Å². The summed E-state index contributed by atoms with van der Waals surface area (Å²) in [5.41, 5.74) is 0.503. The van der Waals surface area contributed by atoms with Crippen LogP contribution in [0.25, 0.3) is 10.8 Å². The summed E-state index contributed by atoms with van der Waals surface area (Å²) in [7, 11) is 0. The molecule has 98 valence electrons. The second-order valence-corrected chi connectivity index (χ2v) is 3.93. The van der Waals surface area contributed by atoms with Gasteiger partial charge in [0.05, 0.1) is 6.61 Å². The number of nitrogens with one attached hydrogen (secondary N) is 1. The highest BCUT2D eigenvalue weighted by Crippen LogP contribution is 2.14. The zero-order valence-electron chi connectivity index (χ0n) is 10.6. The zero-order valence-corrected chi connectivity index (χ0v) is 10.6. The smallest absolute Gasteiger partial charge is 0.325 e. The lowest BCUT2D eigenvalue weighted by Gasteiger charge is -2.05. The molecule has 1 aromatic carbocycles. The second-order valence-electron chi connectivity index (χ2n) is 3.93. The highest BCUT2D eigenvalue weighted by atomic mass is 16.5. The maximum absolute atomic E-state index is 11.9. The fourth-order valence-corrected chi connectivity index (χ4v) is 1.69. The van der Waals surface area contributed by atoms with Gasteiger partial charge in [0.15, 0.2) is 0 Å². The molecule has 0 aliphatic carbocycles. The summed E-state index contributed by atoms with van der Waals surface area (Å²) in [5.74, 6) is -0.743. The highest BCUT2D eigenvalue weighted by molar-refractivity contribution is 5.99. The maximum atomic E-state index is 11.9. The van der Waals surface area contributed by atoms with E-state index in [2.05, 4.69) is 10.3 Å². The van der Waals surface area contributed by atoms with Gasteiger partial charge in [0.1, 0.15) is 6.54 Å². The number of pyridine rings is 1. The lowest BCUT2D eigenvalue weighted by Crippen LogP contribution is -2.30. The number of nitrogens with zero attached hydrogens (tertiary/aromatic N) is 1. The second kappa shape index (κ2) is 5.95. The molecular formula is C14H14N2O3. The van der Waals surface area contributed by atoms with Gasteiger partial charge in [-0.05, 0) is 30.5 Å². The van der Waals surface area contributed by atoms with E-state index in [1.54, 1.807) is 31.5 Å². The van der Waals surface area contributed by atoms with Crippen LogP contribution in [-0.2, 0) is 9.53 Å². The van der Waals surface area contributed by atoms with E-state index in [1.165, 1.54) is 0 Å². The molecule has 5 heteroatoms. The summed E-state index contributed by atoms with van der Waals surface area (Å²) in [6.45, 7) is 1.90. The molecule has 5 nitrogen and oxygen atoms in total. The third kappa shape index (κ3) is 3.28. The van der Waals surface area contributed by atoms with E-state index < -0.39 is 5.97 Å². The highest BCUT2D eigenvalue weighted by Gasteiger charge is 2.08. The number of hydrogen-bond donors (Lipinski definition) is 1. The van der Waals surface area contributed by atoms with Gasteiger partial charge >= 0.3 is 5.97 Å². The van der Waals surface area contributed by atoms with Crippen LogP contribution >= 0.6 is 0 Å². The lowest BCUT2D eigenvalue weighted by atomic mass is 10.1. The molecule has 0 fully saturated rings. The lowest BCUT2D eigenvalue weighted by molar-refractivity contribution is -0.141. The summed E-state index contributed by atoms with van der Waals surface area (Å²) < 4.78 is 4.74. The number of aromatic nitrogens is 1. The Morgan fingerprint density at radius 1 is 1.26 bits per heavy atom. The Balaban J connectivity index is 2.07. The van der Waals surface area contributed by atoms with Gasteiger partial charge in [0.25, 0.3) is 5.91 Å². The van der Waals surface area contributed by atoms with Gasteiger partial charge < -0.3 is 10.1 Å². The molecule has 1 amide bonds. The van der Waals surface area contributed by atoms with E-state index in [0.29, 0.717) is 12.2 Å². The first-order valence-corrected chi connectivity index (χ1v) is 5.98. The van der Waals surface area contributed by atoms with Crippen molar-refractivity contribution in [1.29, 1.82) is 0 Å². The van der Waals surface area contributed by atoms with Crippen LogP contribution < -0.4 is 5.32 Å². The Morgan fingerprint density at radius 3 is 2.89 bits per heavy atom. The van der Waals surface area contributed by atoms with E-state index in [0.717, 1.165) is 10.8 Å². The third-order valence-corrected chi connectivity index (χ3v) is 2.60. The monoisotopic (exact) mass is 258 g/mol. The van der Waals surface area contributed by atoms with Gasteiger partial charge in [0, 0.05) is 23.3 Å². The number of esters is 1. The average Bonchev–Trinajstić information content (AvgIpc) is 2.44.